The lowest BCUT2D eigenvalue weighted by atomic mass is 10.1. The van der Waals surface area contributed by atoms with Crippen molar-refractivity contribution < 1.29 is 19.1 Å². The molecule has 0 atom stereocenters. The average molecular weight is 401 g/mol. The molecule has 146 valence electrons. The summed E-state index contributed by atoms with van der Waals surface area (Å²) in [4.78, 5) is 28.1. The van der Waals surface area contributed by atoms with E-state index in [2.05, 4.69) is 10.3 Å². The molecule has 3 aromatic rings. The van der Waals surface area contributed by atoms with E-state index in [1.807, 2.05) is 13.0 Å². The first-order valence-electron chi connectivity index (χ1n) is 8.55. The fourth-order valence-corrected chi connectivity index (χ4v) is 2.77. The molecule has 0 aliphatic rings. The number of carbonyl (C=O) groups is 2. The normalized spacial score (nSPS) is 10.1. The fourth-order valence-electron chi connectivity index (χ4n) is 2.77. The third-order valence-electron chi connectivity index (χ3n) is 4.03. The number of ether oxygens (including phenoxy) is 2. The number of carbonyl (C=O) groups excluding carboxylic acids is 2. The van der Waals surface area contributed by atoms with Crippen molar-refractivity contribution in [3.63, 3.8) is 0 Å². The zero-order valence-corrected chi connectivity index (χ0v) is 16.6. The summed E-state index contributed by atoms with van der Waals surface area (Å²) < 4.78 is 9.79. The number of nitrogens with one attached hydrogen (secondary N) is 1. The van der Waals surface area contributed by atoms with Crippen LogP contribution in [0.3, 0.4) is 0 Å². The molecule has 6 nitrogen and oxygen atoms in total. The van der Waals surface area contributed by atoms with E-state index >= 15 is 0 Å². The lowest BCUT2D eigenvalue weighted by molar-refractivity contribution is 0.0525. The van der Waals surface area contributed by atoms with Crippen LogP contribution in [0.4, 0.5) is 11.4 Å². The van der Waals surface area contributed by atoms with E-state index in [0.29, 0.717) is 17.7 Å². The Balaban J connectivity index is 0.00000280. The van der Waals surface area contributed by atoms with Crippen molar-refractivity contribution in [3.05, 3.63) is 65.4 Å². The van der Waals surface area contributed by atoms with Crippen LogP contribution in [0, 0.1) is 6.92 Å². The first kappa shape index (κ1) is 21.2. The van der Waals surface area contributed by atoms with Gasteiger partial charge in [-0.25, -0.2) is 9.59 Å². The van der Waals surface area contributed by atoms with E-state index in [1.54, 1.807) is 49.4 Å². The largest absolute Gasteiger partial charge is 0.465 e. The van der Waals surface area contributed by atoms with Crippen LogP contribution in [0.5, 0.6) is 0 Å². The fraction of sp³-hybridized carbons (Fsp3) is 0.190. The van der Waals surface area contributed by atoms with Gasteiger partial charge >= 0.3 is 11.9 Å². The minimum atomic E-state index is -0.383. The molecule has 2 aromatic carbocycles. The molecule has 1 N–H and O–H groups in total. The second-order valence-electron chi connectivity index (χ2n) is 5.96. The van der Waals surface area contributed by atoms with E-state index in [-0.39, 0.29) is 24.3 Å². The van der Waals surface area contributed by atoms with E-state index in [1.165, 1.54) is 7.11 Å². The van der Waals surface area contributed by atoms with Gasteiger partial charge in [0.05, 0.1) is 30.4 Å². The van der Waals surface area contributed by atoms with Crippen LogP contribution >= 0.6 is 12.4 Å². The summed E-state index contributed by atoms with van der Waals surface area (Å²) in [7, 11) is 1.35. The Kier molecular flexibility index (Phi) is 6.95. The summed E-state index contributed by atoms with van der Waals surface area (Å²) in [6.07, 6.45) is 0. The van der Waals surface area contributed by atoms with Crippen LogP contribution in [-0.4, -0.2) is 30.6 Å². The van der Waals surface area contributed by atoms with Gasteiger partial charge in [-0.1, -0.05) is 0 Å². The molecule has 0 unspecified atom stereocenters. The molecule has 0 aliphatic carbocycles. The summed E-state index contributed by atoms with van der Waals surface area (Å²) >= 11 is 0. The molecule has 28 heavy (non-hydrogen) atoms. The molecule has 1 aromatic heterocycles. The van der Waals surface area contributed by atoms with Crippen molar-refractivity contribution in [1.29, 1.82) is 0 Å². The molecule has 7 heteroatoms. The van der Waals surface area contributed by atoms with E-state index in [0.717, 1.165) is 28.0 Å². The van der Waals surface area contributed by atoms with Crippen LogP contribution in [-0.2, 0) is 9.47 Å². The molecule has 0 aliphatic heterocycles. The van der Waals surface area contributed by atoms with Gasteiger partial charge in [0.2, 0.25) is 0 Å². The molecule has 0 radical (unpaired) electrons. The number of methoxy groups -OCH3 is 1. The Hall–Kier alpha value is -3.12. The minimum absolute atomic E-state index is 0. The predicted molar refractivity (Wildman–Crippen MR) is 111 cm³/mol. The molecule has 3 rings (SSSR count). The molecule has 0 bridgehead atoms. The minimum Gasteiger partial charge on any atom is -0.465 e. The predicted octanol–water partition coefficient (Wildman–Crippen LogP) is 4.67. The maximum atomic E-state index is 12.0. The standard InChI is InChI=1S/C21H20N2O4.ClH/c1-4-27-21(25)15-7-10-18-17(12-15)19(11-13(2)22-18)23-16-8-5-14(6-9-16)20(24)26-3;/h5-12H,4H2,1-3H3,(H,22,23);1H. The second-order valence-corrected chi connectivity index (χ2v) is 5.96. The van der Waals surface area contributed by atoms with Crippen LogP contribution in [0.25, 0.3) is 10.9 Å². The molecule has 0 saturated heterocycles. The zero-order valence-electron chi connectivity index (χ0n) is 15.8. The smallest absolute Gasteiger partial charge is 0.338 e. The molecule has 0 spiro atoms. The molecule has 0 saturated carbocycles. The SMILES string of the molecule is CCOC(=O)c1ccc2nc(C)cc(Nc3ccc(C(=O)OC)cc3)c2c1.Cl. The van der Waals surface area contributed by atoms with Crippen molar-refractivity contribution in [2.75, 3.05) is 19.0 Å². The number of hydrogen-bond acceptors (Lipinski definition) is 6. The third-order valence-corrected chi connectivity index (χ3v) is 4.03. The average Bonchev–Trinajstić information content (AvgIpc) is 2.67. The van der Waals surface area contributed by atoms with E-state index in [9.17, 15) is 9.59 Å². The highest BCUT2D eigenvalue weighted by molar-refractivity contribution is 6.00. The second kappa shape index (κ2) is 9.19. The van der Waals surface area contributed by atoms with Gasteiger partial charge in [-0.15, -0.1) is 12.4 Å². The third kappa shape index (κ3) is 4.58. The first-order valence-corrected chi connectivity index (χ1v) is 8.55. The van der Waals surface area contributed by atoms with Crippen molar-refractivity contribution in [2.24, 2.45) is 0 Å². The number of fused-ring (bicyclic) bond motifs is 1. The Bertz CT molecular complexity index is 1000. The Labute approximate surface area is 169 Å². The van der Waals surface area contributed by atoms with Crippen LogP contribution in [0.2, 0.25) is 0 Å². The number of aromatic nitrogens is 1. The summed E-state index contributed by atoms with van der Waals surface area (Å²) in [5.74, 6) is -0.751. The summed E-state index contributed by atoms with van der Waals surface area (Å²) in [6, 6.07) is 14.2. The van der Waals surface area contributed by atoms with Gasteiger partial charge in [-0.3, -0.25) is 4.98 Å². The van der Waals surface area contributed by atoms with Gasteiger partial charge in [0.25, 0.3) is 0 Å². The van der Waals surface area contributed by atoms with Gasteiger partial charge in [0.1, 0.15) is 0 Å². The molecular formula is C21H21ClN2O4. The van der Waals surface area contributed by atoms with E-state index in [4.69, 9.17) is 9.47 Å². The van der Waals surface area contributed by atoms with Gasteiger partial charge in [0.15, 0.2) is 0 Å². The number of anilines is 2. The number of benzene rings is 2. The Morgan fingerprint density at radius 1 is 1.00 bits per heavy atom. The first-order chi connectivity index (χ1) is 13.0. The number of pyridine rings is 1. The highest BCUT2D eigenvalue weighted by Crippen LogP contribution is 2.28. The van der Waals surface area contributed by atoms with Crippen molar-refractivity contribution in [3.8, 4) is 0 Å². The van der Waals surface area contributed by atoms with Crippen LogP contribution < -0.4 is 5.32 Å². The lowest BCUT2D eigenvalue weighted by Crippen LogP contribution is -2.05. The van der Waals surface area contributed by atoms with Gasteiger partial charge < -0.3 is 14.8 Å². The lowest BCUT2D eigenvalue weighted by Gasteiger charge is -2.12. The van der Waals surface area contributed by atoms with Crippen molar-refractivity contribution >= 4 is 46.6 Å². The maximum absolute atomic E-state index is 12.0. The highest BCUT2D eigenvalue weighted by Gasteiger charge is 2.11. The highest BCUT2D eigenvalue weighted by atomic mass is 35.5. The van der Waals surface area contributed by atoms with Crippen LogP contribution in [0.1, 0.15) is 33.3 Å². The summed E-state index contributed by atoms with van der Waals surface area (Å²) in [6.45, 7) is 4.00. The van der Waals surface area contributed by atoms with E-state index < -0.39 is 0 Å². The van der Waals surface area contributed by atoms with Gasteiger partial charge in [-0.05, 0) is 62.4 Å². The number of aryl methyl sites for hydroxylation is 1. The number of halogens is 1. The molecule has 0 fully saturated rings. The molecular weight excluding hydrogens is 380 g/mol. The number of esters is 2. The summed E-state index contributed by atoms with van der Waals surface area (Å²) in [5.41, 5.74) is 4.19. The maximum Gasteiger partial charge on any atom is 0.338 e. The molecule has 1 heterocycles. The molecule has 0 amide bonds. The summed E-state index contributed by atoms with van der Waals surface area (Å²) in [5, 5.41) is 4.13. The van der Waals surface area contributed by atoms with Crippen molar-refractivity contribution in [2.45, 2.75) is 13.8 Å². The monoisotopic (exact) mass is 400 g/mol. The Morgan fingerprint density at radius 2 is 1.68 bits per heavy atom. The van der Waals surface area contributed by atoms with Gasteiger partial charge in [-0.2, -0.15) is 0 Å². The van der Waals surface area contributed by atoms with Gasteiger partial charge in [0, 0.05) is 22.5 Å². The number of rotatable bonds is 5. The van der Waals surface area contributed by atoms with Crippen LogP contribution in [0.15, 0.2) is 48.5 Å². The van der Waals surface area contributed by atoms with Crippen molar-refractivity contribution in [1.82, 2.24) is 4.98 Å². The Morgan fingerprint density at radius 3 is 2.32 bits per heavy atom. The number of hydrogen-bond donors (Lipinski definition) is 1. The zero-order chi connectivity index (χ0) is 19.4. The topological polar surface area (TPSA) is 77.5 Å². The quantitative estimate of drug-likeness (QED) is 0.627. The number of nitrogens with zero attached hydrogens (tertiary/aromatic N) is 1.